The SMILES string of the molecule is COCCCCCCCCCCCCCNCCCCCCCCCCCCCOC. The maximum Gasteiger partial charge on any atom is 0.0462 e. The van der Waals surface area contributed by atoms with Crippen molar-refractivity contribution < 1.29 is 9.47 Å². The van der Waals surface area contributed by atoms with E-state index in [1.165, 1.54) is 154 Å². The molecule has 3 nitrogen and oxygen atoms in total. The standard InChI is InChI=1S/C28H59NO2/c1-30-27-23-19-15-11-7-3-5-9-13-17-21-25-29-26-22-18-14-10-6-4-8-12-16-20-24-28-31-2/h29H,3-28H2,1-2H3. The van der Waals surface area contributed by atoms with Crippen LogP contribution in [0.15, 0.2) is 0 Å². The van der Waals surface area contributed by atoms with Crippen molar-refractivity contribution in [3.8, 4) is 0 Å². The van der Waals surface area contributed by atoms with Crippen LogP contribution < -0.4 is 5.32 Å². The summed E-state index contributed by atoms with van der Waals surface area (Å²) in [5.74, 6) is 0. The lowest BCUT2D eigenvalue weighted by atomic mass is 10.1. The normalized spacial score (nSPS) is 11.4. The van der Waals surface area contributed by atoms with E-state index >= 15 is 0 Å². The summed E-state index contributed by atoms with van der Waals surface area (Å²) in [6.07, 6.45) is 30.7. The van der Waals surface area contributed by atoms with Gasteiger partial charge in [-0.1, -0.05) is 116 Å². The van der Waals surface area contributed by atoms with Crippen LogP contribution in [0, 0.1) is 0 Å². The summed E-state index contributed by atoms with van der Waals surface area (Å²) >= 11 is 0. The van der Waals surface area contributed by atoms with E-state index in [0.29, 0.717) is 0 Å². The lowest BCUT2D eigenvalue weighted by Crippen LogP contribution is -2.16. The van der Waals surface area contributed by atoms with E-state index in [2.05, 4.69) is 5.32 Å². The van der Waals surface area contributed by atoms with Crippen molar-refractivity contribution in [2.45, 2.75) is 141 Å². The first-order valence-corrected chi connectivity index (χ1v) is 14.1. The Morgan fingerprint density at radius 3 is 0.806 bits per heavy atom. The van der Waals surface area contributed by atoms with Gasteiger partial charge in [0.05, 0.1) is 0 Å². The summed E-state index contributed by atoms with van der Waals surface area (Å²) in [7, 11) is 3.60. The minimum atomic E-state index is 0.936. The summed E-state index contributed by atoms with van der Waals surface area (Å²) in [6, 6.07) is 0. The predicted octanol–water partition coefficient (Wildman–Crippen LogP) is 8.45. The number of nitrogens with one attached hydrogen (secondary N) is 1. The van der Waals surface area contributed by atoms with Crippen LogP contribution in [0.25, 0.3) is 0 Å². The second-order valence-corrected chi connectivity index (χ2v) is 9.51. The van der Waals surface area contributed by atoms with E-state index in [1.807, 2.05) is 0 Å². The van der Waals surface area contributed by atoms with Crippen molar-refractivity contribution in [2.24, 2.45) is 0 Å². The molecule has 0 spiro atoms. The Bertz CT molecular complexity index is 271. The molecule has 0 aliphatic rings. The molecule has 0 amide bonds. The monoisotopic (exact) mass is 441 g/mol. The van der Waals surface area contributed by atoms with Crippen molar-refractivity contribution in [3.05, 3.63) is 0 Å². The molecule has 0 bridgehead atoms. The van der Waals surface area contributed by atoms with Gasteiger partial charge in [-0.2, -0.15) is 0 Å². The number of ether oxygens (including phenoxy) is 2. The molecule has 1 N–H and O–H groups in total. The highest BCUT2D eigenvalue weighted by atomic mass is 16.5. The molecule has 0 rings (SSSR count). The second kappa shape index (κ2) is 29.9. The van der Waals surface area contributed by atoms with Crippen LogP contribution in [0.3, 0.4) is 0 Å². The lowest BCUT2D eigenvalue weighted by molar-refractivity contribution is 0.192. The van der Waals surface area contributed by atoms with Gasteiger partial charge in [-0.3, -0.25) is 0 Å². The molecule has 0 aliphatic heterocycles. The first kappa shape index (κ1) is 30.9. The molecule has 0 radical (unpaired) electrons. The van der Waals surface area contributed by atoms with E-state index < -0.39 is 0 Å². The van der Waals surface area contributed by atoms with Crippen LogP contribution in [0.2, 0.25) is 0 Å². The molecule has 0 heterocycles. The van der Waals surface area contributed by atoms with E-state index in [4.69, 9.17) is 9.47 Å². The van der Waals surface area contributed by atoms with Crippen molar-refractivity contribution in [2.75, 3.05) is 40.5 Å². The highest BCUT2D eigenvalue weighted by molar-refractivity contribution is 4.53. The highest BCUT2D eigenvalue weighted by Gasteiger charge is 1.96. The van der Waals surface area contributed by atoms with Gasteiger partial charge in [0.2, 0.25) is 0 Å². The van der Waals surface area contributed by atoms with E-state index in [1.54, 1.807) is 14.2 Å². The number of methoxy groups -OCH3 is 2. The van der Waals surface area contributed by atoms with Gasteiger partial charge < -0.3 is 14.8 Å². The molecule has 0 atom stereocenters. The number of rotatable bonds is 28. The Balaban J connectivity index is 2.98. The first-order valence-electron chi connectivity index (χ1n) is 14.1. The quantitative estimate of drug-likeness (QED) is 0.123. The zero-order valence-corrected chi connectivity index (χ0v) is 21.7. The third-order valence-electron chi connectivity index (χ3n) is 6.40. The Labute approximate surface area is 196 Å². The summed E-state index contributed by atoms with van der Waals surface area (Å²) in [5.41, 5.74) is 0. The average molecular weight is 442 g/mol. The molecule has 0 aliphatic carbocycles. The van der Waals surface area contributed by atoms with Crippen molar-refractivity contribution in [3.63, 3.8) is 0 Å². The predicted molar refractivity (Wildman–Crippen MR) is 138 cm³/mol. The van der Waals surface area contributed by atoms with Gasteiger partial charge in [0, 0.05) is 27.4 Å². The van der Waals surface area contributed by atoms with Gasteiger partial charge in [-0.15, -0.1) is 0 Å². The number of hydrogen-bond donors (Lipinski definition) is 1. The van der Waals surface area contributed by atoms with Crippen LogP contribution in [0.5, 0.6) is 0 Å². The van der Waals surface area contributed by atoms with Gasteiger partial charge in [-0.05, 0) is 38.8 Å². The van der Waals surface area contributed by atoms with Crippen LogP contribution in [0.4, 0.5) is 0 Å². The second-order valence-electron chi connectivity index (χ2n) is 9.51. The van der Waals surface area contributed by atoms with Gasteiger partial charge in [-0.25, -0.2) is 0 Å². The summed E-state index contributed by atoms with van der Waals surface area (Å²) in [6.45, 7) is 4.33. The molecule has 0 saturated heterocycles. The van der Waals surface area contributed by atoms with E-state index in [9.17, 15) is 0 Å². The summed E-state index contributed by atoms with van der Waals surface area (Å²) in [5, 5.41) is 3.65. The first-order chi connectivity index (χ1) is 15.4. The third-order valence-corrected chi connectivity index (χ3v) is 6.40. The Morgan fingerprint density at radius 2 is 0.548 bits per heavy atom. The average Bonchev–Trinajstić information content (AvgIpc) is 2.78. The number of unbranched alkanes of at least 4 members (excludes halogenated alkanes) is 20. The van der Waals surface area contributed by atoms with E-state index in [-0.39, 0.29) is 0 Å². The molecule has 0 aromatic rings. The molecule has 0 fully saturated rings. The topological polar surface area (TPSA) is 30.5 Å². The van der Waals surface area contributed by atoms with E-state index in [0.717, 1.165) is 13.2 Å². The minimum Gasteiger partial charge on any atom is -0.385 e. The highest BCUT2D eigenvalue weighted by Crippen LogP contribution is 2.12. The fourth-order valence-electron chi connectivity index (χ4n) is 4.30. The van der Waals surface area contributed by atoms with Gasteiger partial charge >= 0.3 is 0 Å². The minimum absolute atomic E-state index is 0.936. The molecule has 0 aromatic heterocycles. The smallest absolute Gasteiger partial charge is 0.0462 e. The van der Waals surface area contributed by atoms with Crippen LogP contribution >= 0.6 is 0 Å². The third kappa shape index (κ3) is 29.9. The Morgan fingerprint density at radius 1 is 0.323 bits per heavy atom. The zero-order valence-electron chi connectivity index (χ0n) is 21.7. The Kier molecular flexibility index (Phi) is 29.8. The molecular formula is C28H59NO2. The maximum absolute atomic E-state index is 5.09. The zero-order chi connectivity index (χ0) is 22.5. The molecule has 3 heteroatoms. The van der Waals surface area contributed by atoms with Crippen LogP contribution in [0.1, 0.15) is 141 Å². The fraction of sp³-hybridized carbons (Fsp3) is 1.00. The van der Waals surface area contributed by atoms with Crippen LogP contribution in [-0.4, -0.2) is 40.5 Å². The van der Waals surface area contributed by atoms with Crippen molar-refractivity contribution >= 4 is 0 Å². The molecule has 0 unspecified atom stereocenters. The largest absolute Gasteiger partial charge is 0.385 e. The molecule has 31 heavy (non-hydrogen) atoms. The molecular weight excluding hydrogens is 382 g/mol. The van der Waals surface area contributed by atoms with Gasteiger partial charge in [0.15, 0.2) is 0 Å². The maximum atomic E-state index is 5.09. The van der Waals surface area contributed by atoms with Crippen molar-refractivity contribution in [1.82, 2.24) is 5.32 Å². The Hall–Kier alpha value is -0.120. The van der Waals surface area contributed by atoms with Gasteiger partial charge in [0.25, 0.3) is 0 Å². The van der Waals surface area contributed by atoms with Crippen molar-refractivity contribution in [1.29, 1.82) is 0 Å². The summed E-state index contributed by atoms with van der Waals surface area (Å²) in [4.78, 5) is 0. The molecule has 0 saturated carbocycles. The fourth-order valence-corrected chi connectivity index (χ4v) is 4.30. The number of hydrogen-bond acceptors (Lipinski definition) is 3. The van der Waals surface area contributed by atoms with Crippen LogP contribution in [-0.2, 0) is 9.47 Å². The lowest BCUT2D eigenvalue weighted by Gasteiger charge is -2.06. The van der Waals surface area contributed by atoms with Gasteiger partial charge in [0.1, 0.15) is 0 Å². The molecule has 0 aromatic carbocycles. The summed E-state index contributed by atoms with van der Waals surface area (Å²) < 4.78 is 10.2. The molecule has 188 valence electrons.